The van der Waals surface area contributed by atoms with Gasteiger partial charge in [-0.25, -0.2) is 0 Å². The van der Waals surface area contributed by atoms with E-state index < -0.39 is 0 Å². The molecule has 2 heteroatoms. The second-order valence-corrected chi connectivity index (χ2v) is 16.5. The first-order chi connectivity index (χ1) is 31.7. The predicted octanol–water partition coefficient (Wildman–Crippen LogP) is 17.2. The minimum Gasteiger partial charge on any atom is -0.310 e. The molecule has 12 aromatic rings. The normalized spacial score (nSPS) is 11.4. The number of rotatable bonds is 8. The summed E-state index contributed by atoms with van der Waals surface area (Å²) in [6.07, 6.45) is 0. The summed E-state index contributed by atoms with van der Waals surface area (Å²) in [5.41, 5.74) is 16.4. The van der Waals surface area contributed by atoms with Crippen LogP contribution >= 0.6 is 0 Å². The first kappa shape index (κ1) is 37.3. The zero-order valence-corrected chi connectivity index (χ0v) is 35.1. The molecule has 0 fully saturated rings. The van der Waals surface area contributed by atoms with Crippen molar-refractivity contribution in [3.8, 4) is 50.2 Å². The van der Waals surface area contributed by atoms with Gasteiger partial charge in [-0.15, -0.1) is 0 Å². The summed E-state index contributed by atoms with van der Waals surface area (Å²) in [4.78, 5) is 2.40. The Labute approximate surface area is 373 Å². The van der Waals surface area contributed by atoms with Gasteiger partial charge < -0.3 is 9.47 Å². The summed E-state index contributed by atoms with van der Waals surface area (Å²) >= 11 is 0. The van der Waals surface area contributed by atoms with Crippen molar-refractivity contribution >= 4 is 60.4 Å². The average Bonchev–Trinajstić information content (AvgIpc) is 3.72. The number of benzene rings is 11. The largest absolute Gasteiger partial charge is 0.310 e. The van der Waals surface area contributed by atoms with E-state index in [1.54, 1.807) is 0 Å². The Morgan fingerprint density at radius 1 is 0.266 bits per heavy atom. The fraction of sp³-hybridized carbons (Fsp3) is 0. The Hall–Kier alpha value is -8.46. The van der Waals surface area contributed by atoms with Crippen LogP contribution < -0.4 is 4.90 Å². The molecule has 1 heterocycles. The zero-order chi connectivity index (χ0) is 42.4. The lowest BCUT2D eigenvalue weighted by Crippen LogP contribution is -2.10. The molecule has 0 unspecified atom stereocenters. The first-order valence-corrected chi connectivity index (χ1v) is 22.0. The van der Waals surface area contributed by atoms with Crippen LogP contribution in [0.1, 0.15) is 0 Å². The van der Waals surface area contributed by atoms with Crippen molar-refractivity contribution in [1.82, 2.24) is 4.57 Å². The maximum absolute atomic E-state index is 2.40. The molecule has 0 amide bonds. The van der Waals surface area contributed by atoms with Crippen molar-refractivity contribution in [2.45, 2.75) is 0 Å². The molecule has 0 saturated heterocycles. The van der Waals surface area contributed by atoms with Gasteiger partial charge >= 0.3 is 0 Å². The highest BCUT2D eigenvalue weighted by atomic mass is 15.1. The summed E-state index contributed by atoms with van der Waals surface area (Å²) in [5, 5.41) is 7.49. The fourth-order valence-electron chi connectivity index (χ4n) is 9.79. The van der Waals surface area contributed by atoms with Crippen LogP contribution in [0.4, 0.5) is 17.1 Å². The van der Waals surface area contributed by atoms with Crippen LogP contribution in [0.5, 0.6) is 0 Å². The highest BCUT2D eigenvalue weighted by molar-refractivity contribution is 6.16. The minimum absolute atomic E-state index is 1.09. The molecule has 2 nitrogen and oxygen atoms in total. The van der Waals surface area contributed by atoms with E-state index in [1.807, 2.05) is 0 Å². The highest BCUT2D eigenvalue weighted by Gasteiger charge is 2.18. The molecule has 0 saturated carbocycles. The third kappa shape index (κ3) is 6.52. The van der Waals surface area contributed by atoms with Crippen LogP contribution in [0.2, 0.25) is 0 Å². The van der Waals surface area contributed by atoms with Gasteiger partial charge in [0, 0.05) is 33.5 Å². The summed E-state index contributed by atoms with van der Waals surface area (Å²) < 4.78 is 2.39. The van der Waals surface area contributed by atoms with E-state index >= 15 is 0 Å². The topological polar surface area (TPSA) is 8.17 Å². The molecule has 1 aromatic heterocycles. The van der Waals surface area contributed by atoms with Gasteiger partial charge in [0.25, 0.3) is 0 Å². The highest BCUT2D eigenvalue weighted by Crippen LogP contribution is 2.43. The number of para-hydroxylation sites is 2. The van der Waals surface area contributed by atoms with E-state index in [2.05, 4.69) is 264 Å². The number of fused-ring (bicyclic) bond motifs is 6. The van der Waals surface area contributed by atoms with Crippen LogP contribution in [0.3, 0.4) is 0 Å². The van der Waals surface area contributed by atoms with E-state index in [0.717, 1.165) is 28.3 Å². The van der Waals surface area contributed by atoms with E-state index in [0.29, 0.717) is 0 Å². The summed E-state index contributed by atoms with van der Waals surface area (Å²) in [6, 6.07) is 92.6. The molecule has 0 aliphatic carbocycles. The molecule has 0 atom stereocenters. The summed E-state index contributed by atoms with van der Waals surface area (Å²) in [6.45, 7) is 0. The SMILES string of the molecule is c1ccc(-c2ccccc2-c2ccc(N(c3cccc(-c4cccc(-c5cccc6c5c5ccccc5n6-c5ccccc5)c4)c3)c3ccc4c(ccc5ccccc54)c3)cc2)cc1. The van der Waals surface area contributed by atoms with E-state index in [1.165, 1.54) is 82.3 Å². The standard InChI is InChI=1S/C62H42N2/c1-3-16-43(17-4-1)54-26-9-10-27-56(54)45-34-36-51(37-35-45)63(53-38-39-57-49(42-53)33-32-44-18-7-8-25-55(44)57)52-24-14-20-47(41-52)46-19-13-21-48(40-46)58-29-15-31-61-62(58)59-28-11-12-30-60(59)64(61)50-22-5-2-6-23-50/h1-42H. The van der Waals surface area contributed by atoms with E-state index in [-0.39, 0.29) is 0 Å². The molecule has 0 aliphatic rings. The second kappa shape index (κ2) is 15.8. The molecule has 0 radical (unpaired) electrons. The number of hydrogen-bond acceptors (Lipinski definition) is 1. The Morgan fingerprint density at radius 2 is 0.797 bits per heavy atom. The molecular weight excluding hydrogens is 773 g/mol. The fourth-order valence-corrected chi connectivity index (χ4v) is 9.79. The number of hydrogen-bond donors (Lipinski definition) is 0. The Bertz CT molecular complexity index is 3660. The van der Waals surface area contributed by atoms with Crippen molar-refractivity contribution in [2.75, 3.05) is 4.90 Å². The third-order valence-electron chi connectivity index (χ3n) is 12.8. The lowest BCUT2D eigenvalue weighted by atomic mass is 9.94. The Kier molecular flexibility index (Phi) is 9.20. The number of anilines is 3. The lowest BCUT2D eigenvalue weighted by molar-refractivity contribution is 1.18. The van der Waals surface area contributed by atoms with Crippen LogP contribution in [0, 0.1) is 0 Å². The molecule has 64 heavy (non-hydrogen) atoms. The molecule has 0 bridgehead atoms. The quantitative estimate of drug-likeness (QED) is 0.139. The molecule has 12 rings (SSSR count). The summed E-state index contributed by atoms with van der Waals surface area (Å²) in [7, 11) is 0. The molecule has 300 valence electrons. The Morgan fingerprint density at radius 3 is 1.61 bits per heavy atom. The van der Waals surface area contributed by atoms with Crippen LogP contribution in [-0.2, 0) is 0 Å². The van der Waals surface area contributed by atoms with E-state index in [9.17, 15) is 0 Å². The molecule has 11 aromatic carbocycles. The zero-order valence-electron chi connectivity index (χ0n) is 35.1. The van der Waals surface area contributed by atoms with Crippen LogP contribution in [0.25, 0.3) is 93.5 Å². The maximum Gasteiger partial charge on any atom is 0.0547 e. The lowest BCUT2D eigenvalue weighted by Gasteiger charge is -2.27. The van der Waals surface area contributed by atoms with Gasteiger partial charge in [0.05, 0.1) is 11.0 Å². The maximum atomic E-state index is 2.40. The molecule has 0 spiro atoms. The van der Waals surface area contributed by atoms with Gasteiger partial charge in [0.2, 0.25) is 0 Å². The predicted molar refractivity (Wildman–Crippen MR) is 272 cm³/mol. The number of aromatic nitrogens is 1. The van der Waals surface area contributed by atoms with Gasteiger partial charge in [-0.3, -0.25) is 0 Å². The van der Waals surface area contributed by atoms with Gasteiger partial charge in [-0.2, -0.15) is 0 Å². The van der Waals surface area contributed by atoms with Crippen molar-refractivity contribution < 1.29 is 0 Å². The third-order valence-corrected chi connectivity index (χ3v) is 12.8. The van der Waals surface area contributed by atoms with Crippen LogP contribution in [-0.4, -0.2) is 4.57 Å². The smallest absolute Gasteiger partial charge is 0.0547 e. The average molecular weight is 815 g/mol. The molecular formula is C62H42N2. The van der Waals surface area contributed by atoms with Gasteiger partial charge in [0.1, 0.15) is 0 Å². The van der Waals surface area contributed by atoms with Gasteiger partial charge in [-0.05, 0) is 133 Å². The van der Waals surface area contributed by atoms with Gasteiger partial charge in [-0.1, -0.05) is 188 Å². The van der Waals surface area contributed by atoms with Crippen molar-refractivity contribution in [3.63, 3.8) is 0 Å². The summed E-state index contributed by atoms with van der Waals surface area (Å²) in [5.74, 6) is 0. The minimum atomic E-state index is 1.09. The first-order valence-electron chi connectivity index (χ1n) is 22.0. The van der Waals surface area contributed by atoms with Gasteiger partial charge in [0.15, 0.2) is 0 Å². The van der Waals surface area contributed by atoms with Crippen molar-refractivity contribution in [3.05, 3.63) is 255 Å². The van der Waals surface area contributed by atoms with E-state index in [4.69, 9.17) is 0 Å². The number of nitrogens with zero attached hydrogens (tertiary/aromatic N) is 2. The second-order valence-electron chi connectivity index (χ2n) is 16.5. The van der Waals surface area contributed by atoms with Crippen molar-refractivity contribution in [1.29, 1.82) is 0 Å². The monoisotopic (exact) mass is 814 g/mol. The van der Waals surface area contributed by atoms with Crippen molar-refractivity contribution in [2.24, 2.45) is 0 Å². The van der Waals surface area contributed by atoms with Crippen LogP contribution in [0.15, 0.2) is 255 Å². The molecule has 0 aliphatic heterocycles. The Balaban J connectivity index is 0.975. The molecule has 0 N–H and O–H groups in total.